The number of rotatable bonds is 7. The lowest BCUT2D eigenvalue weighted by Gasteiger charge is -2.35. The van der Waals surface area contributed by atoms with Gasteiger partial charge in [-0.15, -0.1) is 0 Å². The number of hydrogen-bond acceptors (Lipinski definition) is 5. The third kappa shape index (κ3) is 5.46. The van der Waals surface area contributed by atoms with Crippen molar-refractivity contribution in [2.75, 3.05) is 39.3 Å². The minimum absolute atomic E-state index is 0.0117. The van der Waals surface area contributed by atoms with Gasteiger partial charge in [-0.1, -0.05) is 6.92 Å². The minimum atomic E-state index is -3.44. The molecule has 0 saturated carbocycles. The second-order valence-electron chi connectivity index (χ2n) is 6.23. The summed E-state index contributed by atoms with van der Waals surface area (Å²) in [6, 6.07) is 0. The summed E-state index contributed by atoms with van der Waals surface area (Å²) >= 11 is 0. The Bertz CT molecular complexity index is 511. The number of nitrogens with one attached hydrogen (secondary N) is 1. The fraction of sp³-hybridized carbons (Fsp3) is 0.867. The number of carbonyl (C=O) groups excluding carboxylic acids is 2. The first kappa shape index (κ1) is 19.9. The molecule has 1 aliphatic heterocycles. The van der Waals surface area contributed by atoms with Crippen molar-refractivity contribution >= 4 is 21.7 Å². The molecule has 7 nitrogen and oxygen atoms in total. The summed E-state index contributed by atoms with van der Waals surface area (Å²) in [5.41, 5.74) is 0. The fourth-order valence-electron chi connectivity index (χ4n) is 2.46. The molecule has 1 heterocycles. The van der Waals surface area contributed by atoms with Gasteiger partial charge in [0.1, 0.15) is 5.25 Å². The molecule has 1 fully saturated rings. The van der Waals surface area contributed by atoms with E-state index in [-0.39, 0.29) is 11.8 Å². The van der Waals surface area contributed by atoms with Crippen LogP contribution in [-0.2, 0) is 19.4 Å². The maximum Gasteiger partial charge on any atom is 0.240 e. The smallest absolute Gasteiger partial charge is 0.240 e. The average Bonchev–Trinajstić information content (AvgIpc) is 2.52. The molecule has 0 aromatic rings. The molecule has 0 radical (unpaired) electrons. The number of carbonyl (C=O) groups is 2. The minimum Gasteiger partial charge on any atom is -0.355 e. The zero-order valence-electron chi connectivity index (χ0n) is 14.5. The normalized spacial score (nSPS) is 18.0. The van der Waals surface area contributed by atoms with E-state index in [0.717, 1.165) is 6.42 Å². The van der Waals surface area contributed by atoms with Crippen LogP contribution < -0.4 is 5.32 Å². The lowest BCUT2D eigenvalue weighted by molar-refractivity contribution is -0.132. The zero-order chi connectivity index (χ0) is 17.6. The van der Waals surface area contributed by atoms with Crippen molar-refractivity contribution in [2.45, 2.75) is 44.6 Å². The van der Waals surface area contributed by atoms with Gasteiger partial charge < -0.3 is 10.2 Å². The van der Waals surface area contributed by atoms with Crippen molar-refractivity contribution in [1.29, 1.82) is 0 Å². The molecule has 1 N–H and O–H groups in total. The first-order valence-corrected chi connectivity index (χ1v) is 9.81. The van der Waals surface area contributed by atoms with E-state index in [9.17, 15) is 18.0 Å². The summed E-state index contributed by atoms with van der Waals surface area (Å²) in [5, 5.41) is 1.25. The highest BCUT2D eigenvalue weighted by molar-refractivity contribution is 7.93. The first-order chi connectivity index (χ1) is 10.7. The Morgan fingerprint density at radius 2 is 1.65 bits per heavy atom. The highest BCUT2D eigenvalue weighted by atomic mass is 32.2. The van der Waals surface area contributed by atoms with Crippen LogP contribution in [-0.4, -0.2) is 79.8 Å². The molecule has 2 amide bonds. The Labute approximate surface area is 139 Å². The van der Waals surface area contributed by atoms with E-state index in [2.05, 4.69) is 5.32 Å². The molecular weight excluding hydrogens is 318 g/mol. The first-order valence-electron chi connectivity index (χ1n) is 8.20. The van der Waals surface area contributed by atoms with Crippen LogP contribution >= 0.6 is 0 Å². The van der Waals surface area contributed by atoms with Crippen LogP contribution in [0.3, 0.4) is 0 Å². The molecule has 0 aliphatic carbocycles. The van der Waals surface area contributed by atoms with Crippen LogP contribution in [0.15, 0.2) is 0 Å². The molecule has 1 saturated heterocycles. The highest BCUT2D eigenvalue weighted by Gasteiger charge is 2.34. The van der Waals surface area contributed by atoms with Crippen LogP contribution in [0.1, 0.15) is 34.1 Å². The summed E-state index contributed by atoms with van der Waals surface area (Å²) < 4.78 is 24.2. The molecule has 1 aliphatic rings. The SMILES string of the molecule is CCCNC(=O)CN1CCN(C(=O)C(C)S(=O)(=O)C(C)C)CC1. The number of amides is 2. The van der Waals surface area contributed by atoms with Crippen molar-refractivity contribution in [3.63, 3.8) is 0 Å². The summed E-state index contributed by atoms with van der Waals surface area (Å²) in [6.07, 6.45) is 0.899. The molecule has 1 unspecified atom stereocenters. The maximum atomic E-state index is 12.4. The fourth-order valence-corrected chi connectivity index (χ4v) is 3.70. The van der Waals surface area contributed by atoms with Crippen molar-refractivity contribution in [3.05, 3.63) is 0 Å². The van der Waals surface area contributed by atoms with Gasteiger partial charge >= 0.3 is 0 Å². The summed E-state index contributed by atoms with van der Waals surface area (Å²) in [5.74, 6) is -0.351. The maximum absolute atomic E-state index is 12.4. The summed E-state index contributed by atoms with van der Waals surface area (Å²) in [4.78, 5) is 27.6. The Morgan fingerprint density at radius 1 is 1.09 bits per heavy atom. The molecule has 0 spiro atoms. The Morgan fingerprint density at radius 3 is 2.13 bits per heavy atom. The highest BCUT2D eigenvalue weighted by Crippen LogP contribution is 2.13. The van der Waals surface area contributed by atoms with E-state index in [0.29, 0.717) is 39.3 Å². The molecule has 8 heteroatoms. The van der Waals surface area contributed by atoms with Crippen LogP contribution in [0.5, 0.6) is 0 Å². The largest absolute Gasteiger partial charge is 0.355 e. The lowest BCUT2D eigenvalue weighted by atomic mass is 10.2. The van der Waals surface area contributed by atoms with Crippen LogP contribution in [0.4, 0.5) is 0 Å². The van der Waals surface area contributed by atoms with Crippen molar-refractivity contribution in [1.82, 2.24) is 15.1 Å². The topological polar surface area (TPSA) is 86.8 Å². The monoisotopic (exact) mass is 347 g/mol. The Hall–Kier alpha value is -1.15. The number of piperazine rings is 1. The molecule has 1 rings (SSSR count). The second-order valence-corrected chi connectivity index (χ2v) is 9.06. The van der Waals surface area contributed by atoms with E-state index in [1.54, 1.807) is 18.7 Å². The third-order valence-corrected chi connectivity index (χ3v) is 6.62. The molecule has 0 bridgehead atoms. The van der Waals surface area contributed by atoms with Gasteiger partial charge in [-0.05, 0) is 27.2 Å². The van der Waals surface area contributed by atoms with Crippen LogP contribution in [0.25, 0.3) is 0 Å². The van der Waals surface area contributed by atoms with Gasteiger partial charge in [0.25, 0.3) is 0 Å². The van der Waals surface area contributed by atoms with Crippen LogP contribution in [0.2, 0.25) is 0 Å². The second kappa shape index (κ2) is 8.63. The predicted octanol–water partition coefficient (Wildman–Crippen LogP) is -0.131. The van der Waals surface area contributed by atoms with Crippen LogP contribution in [0, 0.1) is 0 Å². The zero-order valence-corrected chi connectivity index (χ0v) is 15.4. The van der Waals surface area contributed by atoms with Gasteiger partial charge in [0.05, 0.1) is 11.8 Å². The third-order valence-electron chi connectivity index (χ3n) is 4.12. The number of sulfone groups is 1. The molecular formula is C15H29N3O4S. The van der Waals surface area contributed by atoms with Gasteiger partial charge in [-0.3, -0.25) is 14.5 Å². The number of nitrogens with zero attached hydrogens (tertiary/aromatic N) is 2. The van der Waals surface area contributed by atoms with Crippen molar-refractivity contribution in [3.8, 4) is 0 Å². The van der Waals surface area contributed by atoms with Gasteiger partial charge in [-0.2, -0.15) is 0 Å². The van der Waals surface area contributed by atoms with Crippen molar-refractivity contribution < 1.29 is 18.0 Å². The predicted molar refractivity (Wildman–Crippen MR) is 89.8 cm³/mol. The van der Waals surface area contributed by atoms with E-state index in [1.165, 1.54) is 6.92 Å². The number of hydrogen-bond donors (Lipinski definition) is 1. The van der Waals surface area contributed by atoms with E-state index in [1.807, 2.05) is 11.8 Å². The Balaban J connectivity index is 2.50. The summed E-state index contributed by atoms with van der Waals surface area (Å²) in [7, 11) is -3.44. The lowest BCUT2D eigenvalue weighted by Crippen LogP contribution is -2.54. The quantitative estimate of drug-likeness (QED) is 0.693. The molecule has 134 valence electrons. The van der Waals surface area contributed by atoms with E-state index in [4.69, 9.17) is 0 Å². The standard InChI is InChI=1S/C15H29N3O4S/c1-5-6-16-14(19)11-17-7-9-18(10-8-17)15(20)13(4)23(21,22)12(2)3/h12-13H,5-11H2,1-4H3,(H,16,19). The van der Waals surface area contributed by atoms with Gasteiger partial charge in [0, 0.05) is 32.7 Å². The molecule has 23 heavy (non-hydrogen) atoms. The van der Waals surface area contributed by atoms with E-state index < -0.39 is 20.3 Å². The van der Waals surface area contributed by atoms with Gasteiger partial charge in [0.15, 0.2) is 9.84 Å². The average molecular weight is 347 g/mol. The summed E-state index contributed by atoms with van der Waals surface area (Å²) in [6.45, 7) is 9.70. The van der Waals surface area contributed by atoms with Gasteiger partial charge in [0.2, 0.25) is 11.8 Å². The van der Waals surface area contributed by atoms with Crippen molar-refractivity contribution in [2.24, 2.45) is 0 Å². The molecule has 0 aromatic heterocycles. The Kier molecular flexibility index (Phi) is 7.47. The molecule has 1 atom stereocenters. The molecule has 0 aromatic carbocycles. The van der Waals surface area contributed by atoms with Gasteiger partial charge in [-0.25, -0.2) is 8.42 Å². The van der Waals surface area contributed by atoms with E-state index >= 15 is 0 Å².